The van der Waals surface area contributed by atoms with Gasteiger partial charge in [-0.15, -0.1) is 0 Å². The molecule has 0 unspecified atom stereocenters. The summed E-state index contributed by atoms with van der Waals surface area (Å²) in [5.74, 6) is 1.00. The minimum atomic E-state index is 0.322. The molecule has 3 nitrogen and oxygen atoms in total. The molecule has 3 heteroatoms. The molecule has 0 aromatic heterocycles. The van der Waals surface area contributed by atoms with Gasteiger partial charge in [-0.25, -0.2) is 0 Å². The van der Waals surface area contributed by atoms with E-state index in [9.17, 15) is 0 Å². The Hall–Kier alpha value is -1.06. The van der Waals surface area contributed by atoms with Gasteiger partial charge in [0.05, 0.1) is 6.61 Å². The lowest BCUT2D eigenvalue weighted by atomic mass is 9.90. The van der Waals surface area contributed by atoms with Crippen molar-refractivity contribution in [3.05, 3.63) is 29.8 Å². The highest BCUT2D eigenvalue weighted by atomic mass is 16.5. The van der Waals surface area contributed by atoms with E-state index in [0.717, 1.165) is 38.4 Å². The van der Waals surface area contributed by atoms with E-state index in [0.29, 0.717) is 5.54 Å². The van der Waals surface area contributed by atoms with Gasteiger partial charge in [0, 0.05) is 25.2 Å². The van der Waals surface area contributed by atoms with Gasteiger partial charge in [0.1, 0.15) is 5.75 Å². The van der Waals surface area contributed by atoms with E-state index in [1.165, 1.54) is 18.4 Å². The predicted molar refractivity (Wildman–Crippen MR) is 84.2 cm³/mol. The van der Waals surface area contributed by atoms with Crippen molar-refractivity contribution in [2.24, 2.45) is 0 Å². The maximum atomic E-state index is 5.71. The monoisotopic (exact) mass is 276 g/mol. The van der Waals surface area contributed by atoms with Crippen molar-refractivity contribution >= 4 is 0 Å². The van der Waals surface area contributed by atoms with Gasteiger partial charge in [0.25, 0.3) is 0 Å². The van der Waals surface area contributed by atoms with Crippen LogP contribution in [0.4, 0.5) is 0 Å². The number of rotatable bonds is 6. The molecule has 1 saturated heterocycles. The van der Waals surface area contributed by atoms with Gasteiger partial charge < -0.3 is 10.1 Å². The molecule has 1 aliphatic heterocycles. The van der Waals surface area contributed by atoms with Crippen molar-refractivity contribution in [2.75, 3.05) is 26.7 Å². The van der Waals surface area contributed by atoms with Crippen LogP contribution in [0.2, 0.25) is 0 Å². The number of piperidine rings is 1. The summed E-state index contributed by atoms with van der Waals surface area (Å²) in [7, 11) is 2.07. The number of nitrogens with zero attached hydrogens (tertiary/aromatic N) is 1. The Kier molecular flexibility index (Phi) is 5.44. The van der Waals surface area contributed by atoms with E-state index < -0.39 is 0 Å². The van der Waals surface area contributed by atoms with Gasteiger partial charge in [-0.3, -0.25) is 4.90 Å². The Morgan fingerprint density at radius 2 is 2.05 bits per heavy atom. The highest BCUT2D eigenvalue weighted by Gasteiger charge is 2.27. The molecule has 0 radical (unpaired) electrons. The van der Waals surface area contributed by atoms with Crippen LogP contribution in [0.1, 0.15) is 38.7 Å². The zero-order valence-corrected chi connectivity index (χ0v) is 13.1. The van der Waals surface area contributed by atoms with Crippen LogP contribution in [-0.4, -0.2) is 37.2 Å². The summed E-state index contributed by atoms with van der Waals surface area (Å²) in [4.78, 5) is 2.54. The van der Waals surface area contributed by atoms with Gasteiger partial charge >= 0.3 is 0 Å². The second kappa shape index (κ2) is 7.09. The van der Waals surface area contributed by atoms with Crippen molar-refractivity contribution in [1.82, 2.24) is 10.2 Å². The lowest BCUT2D eigenvalue weighted by Crippen LogP contribution is -2.49. The number of hydrogen-bond donors (Lipinski definition) is 1. The molecule has 20 heavy (non-hydrogen) atoms. The van der Waals surface area contributed by atoms with E-state index in [-0.39, 0.29) is 0 Å². The largest absolute Gasteiger partial charge is 0.494 e. The fraction of sp³-hybridized carbons (Fsp3) is 0.647. The Bertz CT molecular complexity index is 411. The standard InChI is InChI=1S/C17H28N2O/c1-4-12-20-16-7-5-6-15(13-16)14-19-10-8-17(2,18-3)9-11-19/h5-7,13,18H,4,8-12,14H2,1-3H3. The van der Waals surface area contributed by atoms with Gasteiger partial charge in [0.2, 0.25) is 0 Å². The minimum absolute atomic E-state index is 0.322. The molecule has 1 heterocycles. The number of ether oxygens (including phenoxy) is 1. The zero-order valence-electron chi connectivity index (χ0n) is 13.1. The second-order valence-corrected chi connectivity index (χ2v) is 6.08. The zero-order chi connectivity index (χ0) is 14.4. The highest BCUT2D eigenvalue weighted by molar-refractivity contribution is 5.28. The molecule has 0 amide bonds. The molecule has 0 atom stereocenters. The first-order valence-corrected chi connectivity index (χ1v) is 7.78. The first kappa shape index (κ1) is 15.3. The SMILES string of the molecule is CCCOc1cccc(CN2CCC(C)(NC)CC2)c1. The summed E-state index contributed by atoms with van der Waals surface area (Å²) >= 11 is 0. The number of nitrogens with one attached hydrogen (secondary N) is 1. The molecule has 1 aromatic rings. The van der Waals surface area contributed by atoms with Crippen LogP contribution >= 0.6 is 0 Å². The van der Waals surface area contributed by atoms with Crippen molar-refractivity contribution in [1.29, 1.82) is 0 Å². The molecular weight excluding hydrogens is 248 g/mol. The molecule has 0 spiro atoms. The molecule has 0 bridgehead atoms. The molecule has 1 fully saturated rings. The van der Waals surface area contributed by atoms with E-state index >= 15 is 0 Å². The van der Waals surface area contributed by atoms with Crippen molar-refractivity contribution < 1.29 is 4.74 Å². The van der Waals surface area contributed by atoms with E-state index in [1.807, 2.05) is 6.07 Å². The Morgan fingerprint density at radius 3 is 2.70 bits per heavy atom. The lowest BCUT2D eigenvalue weighted by Gasteiger charge is -2.39. The second-order valence-electron chi connectivity index (χ2n) is 6.08. The third-order valence-corrected chi connectivity index (χ3v) is 4.34. The number of likely N-dealkylation sites (tertiary alicyclic amines) is 1. The fourth-order valence-electron chi connectivity index (χ4n) is 2.67. The van der Waals surface area contributed by atoms with Gasteiger partial charge in [-0.2, -0.15) is 0 Å². The van der Waals surface area contributed by atoms with Crippen LogP contribution in [0.25, 0.3) is 0 Å². The van der Waals surface area contributed by atoms with E-state index in [1.54, 1.807) is 0 Å². The predicted octanol–water partition coefficient (Wildman–Crippen LogP) is 3.05. The van der Waals surface area contributed by atoms with Crippen molar-refractivity contribution in [3.8, 4) is 5.75 Å². The van der Waals surface area contributed by atoms with Gasteiger partial charge in [0.15, 0.2) is 0 Å². The summed E-state index contributed by atoms with van der Waals surface area (Å²) in [6.45, 7) is 8.62. The molecule has 1 aliphatic rings. The van der Waals surface area contributed by atoms with Crippen LogP contribution in [-0.2, 0) is 6.54 Å². The van der Waals surface area contributed by atoms with E-state index in [4.69, 9.17) is 4.74 Å². The third-order valence-electron chi connectivity index (χ3n) is 4.34. The smallest absolute Gasteiger partial charge is 0.119 e. The third kappa shape index (κ3) is 4.22. The van der Waals surface area contributed by atoms with Crippen LogP contribution in [0, 0.1) is 0 Å². The Morgan fingerprint density at radius 1 is 1.30 bits per heavy atom. The molecule has 1 N–H and O–H groups in total. The molecule has 0 aliphatic carbocycles. The Balaban J connectivity index is 1.88. The number of benzene rings is 1. The molecular formula is C17H28N2O. The minimum Gasteiger partial charge on any atom is -0.494 e. The maximum absolute atomic E-state index is 5.71. The normalized spacial score (nSPS) is 18.9. The summed E-state index contributed by atoms with van der Waals surface area (Å²) in [6.07, 6.45) is 3.49. The van der Waals surface area contributed by atoms with Crippen molar-refractivity contribution in [3.63, 3.8) is 0 Å². The first-order valence-electron chi connectivity index (χ1n) is 7.78. The average molecular weight is 276 g/mol. The van der Waals surface area contributed by atoms with E-state index in [2.05, 4.69) is 49.3 Å². The molecule has 2 rings (SSSR count). The maximum Gasteiger partial charge on any atom is 0.119 e. The molecule has 0 saturated carbocycles. The van der Waals surface area contributed by atoms with Crippen LogP contribution < -0.4 is 10.1 Å². The lowest BCUT2D eigenvalue weighted by molar-refractivity contribution is 0.146. The summed E-state index contributed by atoms with van der Waals surface area (Å²) in [5.41, 5.74) is 1.68. The molecule has 112 valence electrons. The summed E-state index contributed by atoms with van der Waals surface area (Å²) < 4.78 is 5.71. The topological polar surface area (TPSA) is 24.5 Å². The summed E-state index contributed by atoms with van der Waals surface area (Å²) in [6, 6.07) is 8.53. The van der Waals surface area contributed by atoms with Crippen LogP contribution in [0.5, 0.6) is 5.75 Å². The van der Waals surface area contributed by atoms with Gasteiger partial charge in [-0.05, 0) is 50.9 Å². The fourth-order valence-corrected chi connectivity index (χ4v) is 2.67. The quantitative estimate of drug-likeness (QED) is 0.864. The Labute approximate surface area is 123 Å². The van der Waals surface area contributed by atoms with Gasteiger partial charge in [-0.1, -0.05) is 19.1 Å². The van der Waals surface area contributed by atoms with Crippen LogP contribution in [0.15, 0.2) is 24.3 Å². The van der Waals surface area contributed by atoms with Crippen LogP contribution in [0.3, 0.4) is 0 Å². The average Bonchev–Trinajstić information content (AvgIpc) is 2.48. The highest BCUT2D eigenvalue weighted by Crippen LogP contribution is 2.23. The first-order chi connectivity index (χ1) is 9.65. The molecule has 1 aromatic carbocycles. The number of hydrogen-bond acceptors (Lipinski definition) is 3. The summed E-state index contributed by atoms with van der Waals surface area (Å²) in [5, 5.41) is 3.45. The van der Waals surface area contributed by atoms with Crippen molar-refractivity contribution in [2.45, 2.75) is 45.2 Å².